The van der Waals surface area contributed by atoms with Gasteiger partial charge in [-0.3, -0.25) is 4.79 Å². The van der Waals surface area contributed by atoms with Crippen LogP contribution in [0.1, 0.15) is 42.7 Å². The van der Waals surface area contributed by atoms with Crippen molar-refractivity contribution in [3.63, 3.8) is 0 Å². The fourth-order valence-corrected chi connectivity index (χ4v) is 5.84. The van der Waals surface area contributed by atoms with Gasteiger partial charge in [0.25, 0.3) is 0 Å². The van der Waals surface area contributed by atoms with Gasteiger partial charge in [-0.25, -0.2) is 9.97 Å². The summed E-state index contributed by atoms with van der Waals surface area (Å²) in [7, 11) is 0. The van der Waals surface area contributed by atoms with Crippen LogP contribution < -0.4 is 5.73 Å². The highest BCUT2D eigenvalue weighted by atomic mass is 32.2. The lowest BCUT2D eigenvalue weighted by atomic mass is 9.97. The molecule has 0 spiro atoms. The first-order valence-electron chi connectivity index (χ1n) is 10.1. The predicted molar refractivity (Wildman–Crippen MR) is 121 cm³/mol. The number of aromatic nitrogens is 2. The largest absolute Gasteiger partial charge is 0.383 e. The third-order valence-corrected chi connectivity index (χ3v) is 7.30. The van der Waals surface area contributed by atoms with Crippen molar-refractivity contribution < 1.29 is 4.79 Å². The van der Waals surface area contributed by atoms with E-state index < -0.39 is 0 Å². The van der Waals surface area contributed by atoms with E-state index in [1.54, 1.807) is 11.3 Å². The molecule has 0 bridgehead atoms. The number of carbonyl (C=O) groups is 1. The molecule has 1 aliphatic carbocycles. The molecule has 0 aliphatic heterocycles. The maximum atomic E-state index is 12.9. The van der Waals surface area contributed by atoms with Crippen LogP contribution in [-0.2, 0) is 24.2 Å². The Kier molecular flexibility index (Phi) is 6.06. The van der Waals surface area contributed by atoms with Gasteiger partial charge < -0.3 is 10.6 Å². The number of nitrogens with two attached hydrogens (primary N) is 1. The summed E-state index contributed by atoms with van der Waals surface area (Å²) in [6.45, 7) is 4.70. The molecule has 2 aromatic heterocycles. The van der Waals surface area contributed by atoms with Crippen molar-refractivity contribution in [3.05, 3.63) is 46.3 Å². The number of carbonyl (C=O) groups excluding carboxylic acids is 1. The van der Waals surface area contributed by atoms with Crippen molar-refractivity contribution in [2.24, 2.45) is 0 Å². The first kappa shape index (κ1) is 20.2. The number of anilines is 1. The normalized spacial score (nSPS) is 13.6. The molecule has 0 saturated carbocycles. The maximum Gasteiger partial charge on any atom is 0.233 e. The molecule has 7 heteroatoms. The number of nitrogen functional groups attached to an aromatic ring is 1. The van der Waals surface area contributed by atoms with Crippen LogP contribution in [0, 0.1) is 0 Å². The van der Waals surface area contributed by atoms with Gasteiger partial charge in [-0.15, -0.1) is 11.3 Å². The van der Waals surface area contributed by atoms with Crippen molar-refractivity contribution >= 4 is 45.0 Å². The van der Waals surface area contributed by atoms with Gasteiger partial charge >= 0.3 is 0 Å². The van der Waals surface area contributed by atoms with Crippen LogP contribution >= 0.6 is 23.1 Å². The minimum atomic E-state index is 0.0848. The molecule has 5 nitrogen and oxygen atoms in total. The number of hydrogen-bond donors (Lipinski definition) is 1. The Morgan fingerprint density at radius 3 is 2.72 bits per heavy atom. The lowest BCUT2D eigenvalue weighted by Crippen LogP contribution is -2.37. The summed E-state index contributed by atoms with van der Waals surface area (Å²) in [6.07, 6.45) is 4.61. The first-order chi connectivity index (χ1) is 14.0. The summed E-state index contributed by atoms with van der Waals surface area (Å²) >= 11 is 3.11. The minimum Gasteiger partial charge on any atom is -0.383 e. The van der Waals surface area contributed by atoms with Crippen LogP contribution in [0.2, 0.25) is 0 Å². The van der Waals surface area contributed by atoms with E-state index in [9.17, 15) is 4.79 Å². The summed E-state index contributed by atoms with van der Waals surface area (Å²) in [5.41, 5.74) is 8.76. The number of nitrogens with zero attached hydrogens (tertiary/aromatic N) is 3. The predicted octanol–water partition coefficient (Wildman–Crippen LogP) is 4.68. The zero-order valence-electron chi connectivity index (χ0n) is 16.9. The minimum absolute atomic E-state index is 0.0848. The monoisotopic (exact) mass is 426 g/mol. The summed E-state index contributed by atoms with van der Waals surface area (Å²) in [5.74, 6) is 0.942. The zero-order chi connectivity index (χ0) is 20.4. The summed E-state index contributed by atoms with van der Waals surface area (Å²) < 4.78 is 0. The van der Waals surface area contributed by atoms with Gasteiger partial charge in [0.2, 0.25) is 5.91 Å². The Morgan fingerprint density at radius 1 is 1.21 bits per heavy atom. The summed E-state index contributed by atoms with van der Waals surface area (Å²) in [5, 5.41) is 1.62. The van der Waals surface area contributed by atoms with Crippen molar-refractivity contribution in [2.75, 3.05) is 11.5 Å². The lowest BCUT2D eigenvalue weighted by Gasteiger charge is -2.26. The highest BCUT2D eigenvalue weighted by Gasteiger charge is 2.22. The average Bonchev–Trinajstić information content (AvgIpc) is 3.09. The van der Waals surface area contributed by atoms with Crippen LogP contribution in [0.3, 0.4) is 0 Å². The molecule has 0 saturated heterocycles. The Hall–Kier alpha value is -2.12. The molecule has 4 rings (SSSR count). The van der Waals surface area contributed by atoms with Gasteiger partial charge in [-0.1, -0.05) is 42.1 Å². The Labute approximate surface area is 179 Å². The zero-order valence-corrected chi connectivity index (χ0v) is 18.5. The summed E-state index contributed by atoms with van der Waals surface area (Å²) in [4.78, 5) is 26.4. The van der Waals surface area contributed by atoms with E-state index >= 15 is 0 Å². The standard InChI is InChI=1S/C22H26N4OS2/c1-14(2)26(12-15-8-4-3-5-9-15)18(27)13-28-22-24-20(23)19-16-10-6-7-11-17(16)29-21(19)25-22/h3-5,8-9,14H,6-7,10-13H2,1-2H3,(H2,23,24,25). The molecule has 2 N–H and O–H groups in total. The van der Waals surface area contributed by atoms with E-state index in [1.165, 1.54) is 35.0 Å². The molecular weight excluding hydrogens is 400 g/mol. The van der Waals surface area contributed by atoms with Gasteiger partial charge in [0.1, 0.15) is 10.6 Å². The fraction of sp³-hybridized carbons (Fsp3) is 0.409. The number of hydrogen-bond acceptors (Lipinski definition) is 6. The number of thiophene rings is 1. The highest BCUT2D eigenvalue weighted by molar-refractivity contribution is 7.99. The van der Waals surface area contributed by atoms with E-state index in [0.717, 1.165) is 28.6 Å². The second-order valence-corrected chi connectivity index (χ2v) is 9.70. The van der Waals surface area contributed by atoms with Crippen molar-refractivity contribution in [1.29, 1.82) is 0 Å². The molecule has 0 atom stereocenters. The van der Waals surface area contributed by atoms with Crippen molar-refractivity contribution in [1.82, 2.24) is 14.9 Å². The molecule has 0 unspecified atom stereocenters. The SMILES string of the molecule is CC(C)N(Cc1ccccc1)C(=O)CSc1nc(N)c2c3c(sc2n1)CCCC3. The van der Waals surface area contributed by atoms with Gasteiger partial charge in [0.05, 0.1) is 11.1 Å². The third-order valence-electron chi connectivity index (χ3n) is 5.29. The molecule has 152 valence electrons. The second-order valence-electron chi connectivity index (χ2n) is 7.67. The lowest BCUT2D eigenvalue weighted by molar-refractivity contribution is -0.130. The molecule has 3 aromatic rings. The van der Waals surface area contributed by atoms with E-state index in [2.05, 4.69) is 4.98 Å². The smallest absolute Gasteiger partial charge is 0.233 e. The quantitative estimate of drug-likeness (QED) is 0.458. The molecule has 0 fully saturated rings. The Bertz CT molecular complexity index is 1020. The number of benzene rings is 1. The number of thioether (sulfide) groups is 1. The van der Waals surface area contributed by atoms with Crippen LogP contribution in [0.5, 0.6) is 0 Å². The third kappa shape index (κ3) is 4.41. The topological polar surface area (TPSA) is 72.1 Å². The molecule has 2 heterocycles. The van der Waals surface area contributed by atoms with Crippen molar-refractivity contribution in [3.8, 4) is 0 Å². The highest BCUT2D eigenvalue weighted by Crippen LogP contribution is 2.38. The molecule has 29 heavy (non-hydrogen) atoms. The van der Waals surface area contributed by atoms with Crippen molar-refractivity contribution in [2.45, 2.75) is 57.3 Å². The van der Waals surface area contributed by atoms with Gasteiger partial charge in [0.15, 0.2) is 5.16 Å². The van der Waals surface area contributed by atoms with E-state index in [0.29, 0.717) is 23.3 Å². The summed E-state index contributed by atoms with van der Waals surface area (Å²) in [6, 6.07) is 10.2. The van der Waals surface area contributed by atoms with Crippen LogP contribution in [0.4, 0.5) is 5.82 Å². The number of fused-ring (bicyclic) bond motifs is 3. The van der Waals surface area contributed by atoms with Gasteiger partial charge in [-0.05, 0) is 50.7 Å². The first-order valence-corrected chi connectivity index (χ1v) is 11.9. The fourth-order valence-electron chi connectivity index (χ4n) is 3.78. The van der Waals surface area contributed by atoms with Gasteiger partial charge in [0, 0.05) is 17.5 Å². The van der Waals surface area contributed by atoms with Crippen LogP contribution in [-0.4, -0.2) is 32.6 Å². The van der Waals surface area contributed by atoms with Gasteiger partial charge in [-0.2, -0.15) is 0 Å². The Morgan fingerprint density at radius 2 is 1.97 bits per heavy atom. The molecular formula is C22H26N4OS2. The number of aryl methyl sites for hydroxylation is 2. The number of rotatable bonds is 6. The molecule has 1 amide bonds. The van der Waals surface area contributed by atoms with Crippen LogP contribution in [0.15, 0.2) is 35.5 Å². The molecule has 1 aliphatic rings. The van der Waals surface area contributed by atoms with E-state index in [1.807, 2.05) is 49.1 Å². The van der Waals surface area contributed by atoms with E-state index in [4.69, 9.17) is 10.7 Å². The molecule has 1 aromatic carbocycles. The van der Waals surface area contributed by atoms with E-state index in [-0.39, 0.29) is 11.9 Å². The number of amides is 1. The maximum absolute atomic E-state index is 12.9. The van der Waals surface area contributed by atoms with Crippen LogP contribution in [0.25, 0.3) is 10.2 Å². The average molecular weight is 427 g/mol. The second kappa shape index (κ2) is 8.71. The Balaban J connectivity index is 1.48. The molecule has 0 radical (unpaired) electrons.